The second-order valence-electron chi connectivity index (χ2n) is 15.6. The number of phosphoric acid groups is 1. The molecule has 332 valence electrons. The molecule has 0 radical (unpaired) electrons. The van der Waals surface area contributed by atoms with Crippen molar-refractivity contribution in [1.82, 2.24) is 5.32 Å². The summed E-state index contributed by atoms with van der Waals surface area (Å²) >= 11 is 0. The van der Waals surface area contributed by atoms with E-state index in [-0.39, 0.29) is 25.7 Å². The topological polar surface area (TPSA) is 131 Å². The van der Waals surface area contributed by atoms with Crippen LogP contribution in [-0.2, 0) is 18.4 Å². The molecule has 3 unspecified atom stereocenters. The first-order valence-electron chi connectivity index (χ1n) is 23.4. The van der Waals surface area contributed by atoms with Gasteiger partial charge in [0.2, 0.25) is 5.91 Å². The number of nitrogens with two attached hydrogens (primary N) is 1. The SMILES string of the molecule is CCCCCC/C=C\C/C=C\CCCCCCCCCC(=O)NC(COP(=O)(O)OCCN)C(O)/C=C/CC/C=C/CC/C=C/CCCCCCCCCCCC. The standard InChI is InChI=1S/C48H89N2O6P/c1-3-5-7-9-11-13-15-17-19-21-23-24-25-27-29-31-33-35-37-39-41-47(51)46(45-56-57(53,54)55-44-43-49)50-48(52)42-40-38-36-34-32-30-28-26-22-20-18-16-14-12-10-8-6-4-2/h14,16,20,22,24-25,31,33,39,41,46-47,51H,3-13,15,17-19,21,23,26-30,32,34-38,40,42-45,49H2,1-2H3,(H,50,52)(H,53,54)/b16-14-,22-20-,25-24+,33-31+,41-39+. The summed E-state index contributed by atoms with van der Waals surface area (Å²) in [6, 6.07) is -0.890. The van der Waals surface area contributed by atoms with Crippen molar-refractivity contribution in [1.29, 1.82) is 0 Å². The van der Waals surface area contributed by atoms with Gasteiger partial charge >= 0.3 is 7.82 Å². The molecular weight excluding hydrogens is 732 g/mol. The normalized spacial score (nSPS) is 14.5. The highest BCUT2D eigenvalue weighted by Crippen LogP contribution is 2.43. The summed E-state index contributed by atoms with van der Waals surface area (Å²) in [5, 5.41) is 13.7. The fraction of sp³-hybridized carbons (Fsp3) is 0.771. The fourth-order valence-corrected chi connectivity index (χ4v) is 7.25. The van der Waals surface area contributed by atoms with Crippen molar-refractivity contribution in [3.8, 4) is 0 Å². The molecule has 0 bridgehead atoms. The second-order valence-corrected chi connectivity index (χ2v) is 17.0. The molecule has 1 amide bonds. The van der Waals surface area contributed by atoms with Crippen LogP contribution in [0.2, 0.25) is 0 Å². The van der Waals surface area contributed by atoms with Gasteiger partial charge in [-0.15, -0.1) is 0 Å². The Kier molecular flexibility index (Phi) is 42.4. The molecule has 0 heterocycles. The van der Waals surface area contributed by atoms with Gasteiger partial charge < -0.3 is 21.1 Å². The molecule has 0 saturated heterocycles. The van der Waals surface area contributed by atoms with Crippen LogP contribution in [-0.4, -0.2) is 47.8 Å². The number of carbonyl (C=O) groups is 1. The van der Waals surface area contributed by atoms with E-state index in [2.05, 4.69) is 67.8 Å². The number of phosphoric ester groups is 1. The van der Waals surface area contributed by atoms with Crippen molar-refractivity contribution in [2.75, 3.05) is 19.8 Å². The number of rotatable bonds is 43. The molecular formula is C48H89N2O6P. The molecule has 0 fully saturated rings. The summed E-state index contributed by atoms with van der Waals surface area (Å²) in [6.45, 7) is 4.08. The van der Waals surface area contributed by atoms with Crippen molar-refractivity contribution in [2.45, 2.75) is 219 Å². The number of hydrogen-bond acceptors (Lipinski definition) is 6. The molecule has 57 heavy (non-hydrogen) atoms. The number of nitrogens with one attached hydrogen (secondary N) is 1. The lowest BCUT2D eigenvalue weighted by atomic mass is 10.1. The molecule has 0 aliphatic heterocycles. The Labute approximate surface area is 351 Å². The van der Waals surface area contributed by atoms with Crippen LogP contribution in [0.25, 0.3) is 0 Å². The summed E-state index contributed by atoms with van der Waals surface area (Å²) in [6.07, 6.45) is 55.6. The number of hydrogen-bond donors (Lipinski definition) is 4. The smallest absolute Gasteiger partial charge is 0.387 e. The van der Waals surface area contributed by atoms with Crippen LogP contribution in [0.5, 0.6) is 0 Å². The van der Waals surface area contributed by atoms with Gasteiger partial charge in [-0.2, -0.15) is 0 Å². The molecule has 0 aromatic heterocycles. The van der Waals surface area contributed by atoms with Gasteiger partial charge in [0.1, 0.15) is 0 Å². The minimum atomic E-state index is -4.36. The zero-order chi connectivity index (χ0) is 41.8. The molecule has 9 heteroatoms. The van der Waals surface area contributed by atoms with Gasteiger partial charge in [-0.3, -0.25) is 13.8 Å². The summed E-state index contributed by atoms with van der Waals surface area (Å²) in [5.74, 6) is -0.217. The average Bonchev–Trinajstić information content (AvgIpc) is 3.20. The maximum Gasteiger partial charge on any atom is 0.472 e. The van der Waals surface area contributed by atoms with Gasteiger partial charge in [-0.1, -0.05) is 184 Å². The maximum absolute atomic E-state index is 12.8. The van der Waals surface area contributed by atoms with Crippen molar-refractivity contribution < 1.29 is 28.4 Å². The summed E-state index contributed by atoms with van der Waals surface area (Å²) < 4.78 is 22.1. The lowest BCUT2D eigenvalue weighted by Crippen LogP contribution is -2.45. The molecule has 3 atom stereocenters. The molecule has 0 aliphatic rings. The quantitative estimate of drug-likeness (QED) is 0.0274. The van der Waals surface area contributed by atoms with E-state index in [0.29, 0.717) is 6.42 Å². The lowest BCUT2D eigenvalue weighted by molar-refractivity contribution is -0.123. The highest BCUT2D eigenvalue weighted by atomic mass is 31.2. The van der Waals surface area contributed by atoms with Crippen LogP contribution in [0.4, 0.5) is 0 Å². The van der Waals surface area contributed by atoms with E-state index < -0.39 is 20.0 Å². The van der Waals surface area contributed by atoms with Crippen LogP contribution < -0.4 is 11.1 Å². The third-order valence-electron chi connectivity index (χ3n) is 10.0. The Balaban J connectivity index is 4.27. The minimum Gasteiger partial charge on any atom is -0.387 e. The first-order chi connectivity index (χ1) is 27.9. The largest absolute Gasteiger partial charge is 0.472 e. The van der Waals surface area contributed by atoms with E-state index in [1.165, 1.54) is 122 Å². The number of allylic oxidation sites excluding steroid dienone is 9. The van der Waals surface area contributed by atoms with Crippen molar-refractivity contribution >= 4 is 13.7 Å². The number of amides is 1. The van der Waals surface area contributed by atoms with Gasteiger partial charge in [0, 0.05) is 13.0 Å². The molecule has 0 spiro atoms. The second kappa shape index (κ2) is 43.8. The van der Waals surface area contributed by atoms with E-state index in [4.69, 9.17) is 14.8 Å². The Morgan fingerprint density at radius 3 is 1.47 bits per heavy atom. The number of carbonyl (C=O) groups excluding carboxylic acids is 1. The molecule has 0 saturated carbocycles. The highest BCUT2D eigenvalue weighted by Gasteiger charge is 2.26. The zero-order valence-electron chi connectivity index (χ0n) is 36.8. The molecule has 0 rings (SSSR count). The first-order valence-corrected chi connectivity index (χ1v) is 24.9. The van der Waals surface area contributed by atoms with E-state index >= 15 is 0 Å². The molecule has 0 aromatic carbocycles. The minimum absolute atomic E-state index is 0.0682. The monoisotopic (exact) mass is 821 g/mol. The van der Waals surface area contributed by atoms with Crippen LogP contribution in [0.1, 0.15) is 206 Å². The summed E-state index contributed by atoms with van der Waals surface area (Å²) in [4.78, 5) is 22.7. The van der Waals surface area contributed by atoms with Crippen molar-refractivity contribution in [3.63, 3.8) is 0 Å². The predicted octanol–water partition coefficient (Wildman–Crippen LogP) is 13.4. The van der Waals surface area contributed by atoms with Gasteiger partial charge in [-0.25, -0.2) is 4.57 Å². The van der Waals surface area contributed by atoms with Crippen LogP contribution >= 0.6 is 7.82 Å². The molecule has 8 nitrogen and oxygen atoms in total. The van der Waals surface area contributed by atoms with E-state index in [9.17, 15) is 19.4 Å². The van der Waals surface area contributed by atoms with Gasteiger partial charge in [0.15, 0.2) is 0 Å². The van der Waals surface area contributed by atoms with Gasteiger partial charge in [-0.05, 0) is 77.0 Å². The Morgan fingerprint density at radius 2 is 0.982 bits per heavy atom. The molecule has 0 aliphatic carbocycles. The lowest BCUT2D eigenvalue weighted by Gasteiger charge is -2.23. The van der Waals surface area contributed by atoms with Gasteiger partial charge in [0.25, 0.3) is 0 Å². The average molecular weight is 821 g/mol. The van der Waals surface area contributed by atoms with E-state index in [0.717, 1.165) is 64.2 Å². The fourth-order valence-electron chi connectivity index (χ4n) is 6.49. The Morgan fingerprint density at radius 1 is 0.579 bits per heavy atom. The maximum atomic E-state index is 12.8. The summed E-state index contributed by atoms with van der Waals surface area (Å²) in [5.41, 5.74) is 5.38. The zero-order valence-corrected chi connectivity index (χ0v) is 37.7. The summed E-state index contributed by atoms with van der Waals surface area (Å²) in [7, 11) is -4.36. The van der Waals surface area contributed by atoms with Crippen molar-refractivity contribution in [3.05, 3.63) is 60.8 Å². The Bertz CT molecular complexity index is 1080. The van der Waals surface area contributed by atoms with E-state index in [1.54, 1.807) is 6.08 Å². The van der Waals surface area contributed by atoms with Crippen LogP contribution in [0, 0.1) is 0 Å². The number of aliphatic hydroxyl groups excluding tert-OH is 1. The highest BCUT2D eigenvalue weighted by molar-refractivity contribution is 7.47. The van der Waals surface area contributed by atoms with Gasteiger partial charge in [0.05, 0.1) is 25.4 Å². The molecule has 5 N–H and O–H groups in total. The first kappa shape index (κ1) is 55.2. The Hall–Kier alpha value is -1.80. The van der Waals surface area contributed by atoms with E-state index in [1.807, 2.05) is 6.08 Å². The molecule has 0 aromatic rings. The predicted molar refractivity (Wildman–Crippen MR) is 244 cm³/mol. The third kappa shape index (κ3) is 42.1. The van der Waals surface area contributed by atoms with Crippen LogP contribution in [0.15, 0.2) is 60.8 Å². The number of unbranched alkanes of at least 4 members (excludes halogenated alkanes) is 23. The third-order valence-corrected chi connectivity index (χ3v) is 11.0. The number of aliphatic hydroxyl groups is 1. The van der Waals surface area contributed by atoms with Crippen LogP contribution in [0.3, 0.4) is 0 Å². The van der Waals surface area contributed by atoms with Crippen molar-refractivity contribution in [2.24, 2.45) is 5.73 Å².